The van der Waals surface area contributed by atoms with Gasteiger partial charge >= 0.3 is 0 Å². The van der Waals surface area contributed by atoms with E-state index >= 15 is 0 Å². The average Bonchev–Trinajstić information content (AvgIpc) is 2.88. The summed E-state index contributed by atoms with van der Waals surface area (Å²) in [5, 5.41) is 3.04. The van der Waals surface area contributed by atoms with Gasteiger partial charge < -0.3 is 4.74 Å². The van der Waals surface area contributed by atoms with E-state index in [0.717, 1.165) is 22.0 Å². The highest BCUT2D eigenvalue weighted by Gasteiger charge is 2.12. The van der Waals surface area contributed by atoms with Gasteiger partial charge in [0.2, 0.25) is 0 Å². The predicted molar refractivity (Wildman–Crippen MR) is 78.3 cm³/mol. The molecular weight excluding hydrogens is 293 g/mol. The molecule has 2 aromatic heterocycles. The number of benzene rings is 1. The summed E-state index contributed by atoms with van der Waals surface area (Å²) in [6, 6.07) is 7.69. The van der Waals surface area contributed by atoms with Crippen molar-refractivity contribution in [1.82, 2.24) is 9.97 Å². The van der Waals surface area contributed by atoms with Gasteiger partial charge in [0.1, 0.15) is 17.3 Å². The standard InChI is InChI=1S/C14H10FN3O2S/c1-20-9-2-3-10-12(7-9)21-14(17-10)18-13(19)11-6-8(15)4-5-16-11/h2-7H,1H3,(H,17,18,19)/i15+0. The maximum atomic E-state index is 13.1. The number of ether oxygens (including phenoxy) is 1. The zero-order valence-electron chi connectivity index (χ0n) is 11.0. The van der Waals surface area contributed by atoms with Gasteiger partial charge in [-0.3, -0.25) is 15.1 Å². The van der Waals surface area contributed by atoms with Gasteiger partial charge in [-0.1, -0.05) is 11.3 Å². The smallest absolute Gasteiger partial charge is 0.276 e. The molecule has 21 heavy (non-hydrogen) atoms. The molecule has 1 amide bonds. The zero-order valence-corrected chi connectivity index (χ0v) is 11.8. The molecule has 1 aromatic carbocycles. The van der Waals surface area contributed by atoms with E-state index in [1.807, 2.05) is 6.07 Å². The van der Waals surface area contributed by atoms with Crippen LogP contribution in [-0.2, 0) is 0 Å². The Bertz CT molecular complexity index is 819. The summed E-state index contributed by atoms with van der Waals surface area (Å²) < 4.78 is 19.1. The molecule has 106 valence electrons. The van der Waals surface area contributed by atoms with E-state index in [-0.39, 0.29) is 5.69 Å². The molecule has 0 unspecified atom stereocenters. The lowest BCUT2D eigenvalue weighted by Gasteiger charge is -2.00. The molecule has 3 aromatic rings. The van der Waals surface area contributed by atoms with Gasteiger partial charge in [-0.15, -0.1) is 0 Å². The average molecular weight is 303 g/mol. The summed E-state index contributed by atoms with van der Waals surface area (Å²) in [5.74, 6) is -0.291. The number of halogens is 1. The lowest BCUT2D eigenvalue weighted by molar-refractivity contribution is 0.102. The lowest BCUT2D eigenvalue weighted by atomic mass is 10.3. The number of thiazole rings is 1. The highest BCUT2D eigenvalue weighted by molar-refractivity contribution is 7.22. The van der Waals surface area contributed by atoms with Crippen molar-refractivity contribution in [2.75, 3.05) is 12.4 Å². The van der Waals surface area contributed by atoms with Crippen LogP contribution in [0.5, 0.6) is 5.75 Å². The Labute approximate surface area is 123 Å². The number of anilines is 1. The molecule has 7 heteroatoms. The summed E-state index contributed by atoms with van der Waals surface area (Å²) in [6.07, 6.45) is 1.24. The highest BCUT2D eigenvalue weighted by atomic mass is 32.1. The first-order valence-electron chi connectivity index (χ1n) is 6.03. The van der Waals surface area contributed by atoms with Crippen LogP contribution >= 0.6 is 11.3 Å². The minimum absolute atomic E-state index is 0.00633. The summed E-state index contributed by atoms with van der Waals surface area (Å²) >= 11 is 1.31. The molecule has 0 aliphatic rings. The molecule has 0 radical (unpaired) electrons. The Morgan fingerprint density at radius 1 is 1.33 bits per heavy atom. The third-order valence-corrected chi connectivity index (χ3v) is 3.70. The van der Waals surface area contributed by atoms with Gasteiger partial charge in [0.15, 0.2) is 5.13 Å². The number of hydrogen-bond acceptors (Lipinski definition) is 5. The van der Waals surface area contributed by atoms with Crippen molar-refractivity contribution >= 4 is 32.6 Å². The van der Waals surface area contributed by atoms with Crippen molar-refractivity contribution in [3.05, 3.63) is 48.0 Å². The second-order valence-corrected chi connectivity index (χ2v) is 5.20. The summed E-state index contributed by atoms with van der Waals surface area (Å²) in [5.41, 5.74) is 0.759. The molecule has 0 fully saturated rings. The van der Waals surface area contributed by atoms with Crippen LogP contribution in [0, 0.1) is 5.82 Å². The number of hydrogen-bond donors (Lipinski definition) is 1. The molecule has 1 N–H and O–H groups in total. The van der Waals surface area contributed by atoms with Crippen LogP contribution < -0.4 is 10.1 Å². The van der Waals surface area contributed by atoms with Crippen LogP contribution in [0.2, 0.25) is 0 Å². The summed E-state index contributed by atoms with van der Waals surface area (Å²) in [4.78, 5) is 20.1. The van der Waals surface area contributed by atoms with Gasteiger partial charge in [-0.25, -0.2) is 9.37 Å². The lowest BCUT2D eigenvalue weighted by Crippen LogP contribution is -2.13. The number of aromatic nitrogens is 2. The van der Waals surface area contributed by atoms with E-state index in [1.54, 1.807) is 19.2 Å². The molecule has 0 saturated carbocycles. The first-order chi connectivity index (χ1) is 10.2. The number of carbonyl (C=O) groups excluding carboxylic acids is 1. The SMILES string of the molecule is COc1ccc2nc(NC(=O)c3cc([19F])ccn3)sc2c1. The summed E-state index contributed by atoms with van der Waals surface area (Å²) in [7, 11) is 1.58. The molecular formula is C14H10FN3O2S. The number of nitrogens with one attached hydrogen (secondary N) is 1. The van der Waals surface area contributed by atoms with E-state index in [2.05, 4.69) is 15.3 Å². The molecule has 0 aliphatic carbocycles. The minimum atomic E-state index is -0.510. The number of methoxy groups -OCH3 is 1. The number of amides is 1. The zero-order chi connectivity index (χ0) is 14.8. The minimum Gasteiger partial charge on any atom is -0.497 e. The Kier molecular flexibility index (Phi) is 3.49. The van der Waals surface area contributed by atoms with Crippen LogP contribution in [-0.4, -0.2) is 23.0 Å². The molecule has 0 spiro atoms. The highest BCUT2D eigenvalue weighted by Crippen LogP contribution is 2.29. The molecule has 0 saturated heterocycles. The van der Waals surface area contributed by atoms with Crippen molar-refractivity contribution in [3.63, 3.8) is 0 Å². The normalized spacial score (nSPS) is 10.6. The van der Waals surface area contributed by atoms with Crippen molar-refractivity contribution in [2.24, 2.45) is 0 Å². The molecule has 3 rings (SSSR count). The Morgan fingerprint density at radius 2 is 2.19 bits per heavy atom. The van der Waals surface area contributed by atoms with E-state index in [4.69, 9.17) is 4.74 Å². The van der Waals surface area contributed by atoms with Gasteiger partial charge in [-0.05, 0) is 24.3 Å². The van der Waals surface area contributed by atoms with Crippen molar-refractivity contribution in [2.45, 2.75) is 0 Å². The second-order valence-electron chi connectivity index (χ2n) is 4.17. The molecule has 2 heterocycles. The maximum absolute atomic E-state index is 13.1. The topological polar surface area (TPSA) is 64.1 Å². The van der Waals surface area contributed by atoms with E-state index in [9.17, 15) is 9.18 Å². The molecule has 5 nitrogen and oxygen atoms in total. The first kappa shape index (κ1) is 13.4. The fourth-order valence-corrected chi connectivity index (χ4v) is 2.66. The Hall–Kier alpha value is -2.54. The van der Waals surface area contributed by atoms with E-state index < -0.39 is 11.7 Å². The van der Waals surface area contributed by atoms with Crippen molar-refractivity contribution in [3.8, 4) is 5.75 Å². The monoisotopic (exact) mass is 303 g/mol. The second kappa shape index (κ2) is 5.45. The van der Waals surface area contributed by atoms with Crippen LogP contribution in [0.1, 0.15) is 10.5 Å². The van der Waals surface area contributed by atoms with E-state index in [1.165, 1.54) is 23.6 Å². The van der Waals surface area contributed by atoms with Crippen molar-refractivity contribution in [1.29, 1.82) is 0 Å². The van der Waals surface area contributed by atoms with Crippen LogP contribution in [0.4, 0.5) is 9.52 Å². The number of pyridine rings is 1. The fourth-order valence-electron chi connectivity index (χ4n) is 1.78. The quantitative estimate of drug-likeness (QED) is 0.807. The largest absolute Gasteiger partial charge is 0.497 e. The number of carbonyl (C=O) groups is 1. The van der Waals surface area contributed by atoms with Gasteiger partial charge in [-0.2, -0.15) is 0 Å². The van der Waals surface area contributed by atoms with Crippen LogP contribution in [0.15, 0.2) is 36.5 Å². The Balaban J connectivity index is 1.86. The predicted octanol–water partition coefficient (Wildman–Crippen LogP) is 3.09. The molecule has 0 atom stereocenters. The number of nitrogens with zero attached hydrogens (tertiary/aromatic N) is 2. The van der Waals surface area contributed by atoms with Gasteiger partial charge in [0.25, 0.3) is 5.91 Å². The Morgan fingerprint density at radius 3 is 2.95 bits per heavy atom. The number of rotatable bonds is 3. The van der Waals surface area contributed by atoms with Crippen LogP contribution in [0.25, 0.3) is 10.2 Å². The third kappa shape index (κ3) is 2.82. The van der Waals surface area contributed by atoms with Crippen molar-refractivity contribution < 1.29 is 13.9 Å². The first-order valence-corrected chi connectivity index (χ1v) is 6.85. The summed E-state index contributed by atoms with van der Waals surface area (Å²) in [6.45, 7) is 0. The molecule has 0 bridgehead atoms. The van der Waals surface area contributed by atoms with E-state index in [0.29, 0.717) is 5.13 Å². The molecule has 0 aliphatic heterocycles. The van der Waals surface area contributed by atoms with Gasteiger partial charge in [0.05, 0.1) is 17.3 Å². The maximum Gasteiger partial charge on any atom is 0.276 e. The number of fused-ring (bicyclic) bond motifs is 1. The third-order valence-electron chi connectivity index (χ3n) is 2.77. The van der Waals surface area contributed by atoms with Gasteiger partial charge in [0, 0.05) is 12.3 Å². The van der Waals surface area contributed by atoms with Crippen LogP contribution in [0.3, 0.4) is 0 Å². The fraction of sp³-hybridized carbons (Fsp3) is 0.0714.